The van der Waals surface area contributed by atoms with Crippen LogP contribution in [-0.2, 0) is 11.3 Å². The van der Waals surface area contributed by atoms with Gasteiger partial charge in [0.25, 0.3) is 0 Å². The standard InChI is InChI=1S/C15H24N2O/c1-5-12(4)15(18)17(11(2)3)14-8-6-13(10-16)7-9-14/h6-9,11-12H,5,10,16H2,1-4H3. The summed E-state index contributed by atoms with van der Waals surface area (Å²) in [6.45, 7) is 8.63. The number of carbonyl (C=O) groups is 1. The molecule has 0 aromatic heterocycles. The van der Waals surface area contributed by atoms with E-state index in [0.717, 1.165) is 17.7 Å². The fourth-order valence-corrected chi connectivity index (χ4v) is 1.88. The third-order valence-electron chi connectivity index (χ3n) is 3.24. The predicted octanol–water partition coefficient (Wildman–Crippen LogP) is 2.93. The lowest BCUT2D eigenvalue weighted by Gasteiger charge is -2.29. The monoisotopic (exact) mass is 248 g/mol. The summed E-state index contributed by atoms with van der Waals surface area (Å²) < 4.78 is 0. The van der Waals surface area contributed by atoms with Crippen LogP contribution in [0.25, 0.3) is 0 Å². The van der Waals surface area contributed by atoms with E-state index in [1.54, 1.807) is 0 Å². The first-order valence-corrected chi connectivity index (χ1v) is 6.63. The van der Waals surface area contributed by atoms with Crippen LogP contribution in [-0.4, -0.2) is 11.9 Å². The zero-order valence-corrected chi connectivity index (χ0v) is 11.8. The number of nitrogens with two attached hydrogens (primary N) is 1. The molecule has 3 heteroatoms. The fraction of sp³-hybridized carbons (Fsp3) is 0.533. The molecule has 18 heavy (non-hydrogen) atoms. The number of hydrogen-bond donors (Lipinski definition) is 1. The van der Waals surface area contributed by atoms with E-state index < -0.39 is 0 Å². The summed E-state index contributed by atoms with van der Waals surface area (Å²) in [5.41, 5.74) is 7.62. The summed E-state index contributed by atoms with van der Waals surface area (Å²) in [5.74, 6) is 0.245. The second-order valence-corrected chi connectivity index (χ2v) is 4.98. The number of benzene rings is 1. The van der Waals surface area contributed by atoms with Crippen LogP contribution in [0.1, 0.15) is 39.7 Å². The molecule has 1 rings (SSSR count). The summed E-state index contributed by atoms with van der Waals surface area (Å²) in [6, 6.07) is 8.07. The summed E-state index contributed by atoms with van der Waals surface area (Å²) in [6.07, 6.45) is 0.864. The van der Waals surface area contributed by atoms with Gasteiger partial charge in [-0.25, -0.2) is 0 Å². The molecule has 0 saturated carbocycles. The SMILES string of the molecule is CCC(C)C(=O)N(c1ccc(CN)cc1)C(C)C. The van der Waals surface area contributed by atoms with Crippen molar-refractivity contribution in [2.45, 2.75) is 46.7 Å². The van der Waals surface area contributed by atoms with E-state index >= 15 is 0 Å². The van der Waals surface area contributed by atoms with E-state index in [1.807, 2.05) is 56.9 Å². The van der Waals surface area contributed by atoms with Crippen LogP contribution >= 0.6 is 0 Å². The topological polar surface area (TPSA) is 46.3 Å². The van der Waals surface area contributed by atoms with Crippen LogP contribution in [0, 0.1) is 5.92 Å². The number of nitrogens with zero attached hydrogens (tertiary/aromatic N) is 1. The lowest BCUT2D eigenvalue weighted by Crippen LogP contribution is -2.40. The average molecular weight is 248 g/mol. The van der Waals surface area contributed by atoms with Crippen molar-refractivity contribution in [2.24, 2.45) is 11.7 Å². The van der Waals surface area contributed by atoms with E-state index in [0.29, 0.717) is 6.54 Å². The summed E-state index contributed by atoms with van der Waals surface area (Å²) >= 11 is 0. The smallest absolute Gasteiger partial charge is 0.230 e. The molecule has 0 heterocycles. The maximum atomic E-state index is 12.4. The highest BCUT2D eigenvalue weighted by Gasteiger charge is 2.22. The summed E-state index contributed by atoms with van der Waals surface area (Å²) in [4.78, 5) is 14.2. The number of amides is 1. The highest BCUT2D eigenvalue weighted by molar-refractivity contribution is 5.95. The molecule has 2 N–H and O–H groups in total. The Morgan fingerprint density at radius 1 is 1.22 bits per heavy atom. The van der Waals surface area contributed by atoms with Gasteiger partial charge >= 0.3 is 0 Å². The van der Waals surface area contributed by atoms with E-state index in [-0.39, 0.29) is 17.9 Å². The van der Waals surface area contributed by atoms with Gasteiger partial charge in [-0.1, -0.05) is 26.0 Å². The van der Waals surface area contributed by atoms with Gasteiger partial charge in [-0.05, 0) is 38.0 Å². The Morgan fingerprint density at radius 2 is 1.78 bits per heavy atom. The zero-order valence-electron chi connectivity index (χ0n) is 11.8. The molecule has 0 aliphatic carbocycles. The van der Waals surface area contributed by atoms with Gasteiger partial charge in [0.2, 0.25) is 5.91 Å². The Balaban J connectivity index is 3.00. The van der Waals surface area contributed by atoms with Gasteiger partial charge in [0.1, 0.15) is 0 Å². The van der Waals surface area contributed by atoms with Crippen molar-refractivity contribution < 1.29 is 4.79 Å². The van der Waals surface area contributed by atoms with Crippen LogP contribution in [0.5, 0.6) is 0 Å². The lowest BCUT2D eigenvalue weighted by atomic mass is 10.1. The Bertz CT molecular complexity index is 384. The quantitative estimate of drug-likeness (QED) is 0.871. The second-order valence-electron chi connectivity index (χ2n) is 4.98. The van der Waals surface area contributed by atoms with Crippen LogP contribution < -0.4 is 10.6 Å². The number of rotatable bonds is 5. The van der Waals surface area contributed by atoms with Crippen molar-refractivity contribution >= 4 is 11.6 Å². The molecule has 1 unspecified atom stereocenters. The second kappa shape index (κ2) is 6.55. The van der Waals surface area contributed by atoms with Gasteiger partial charge in [0, 0.05) is 24.2 Å². The van der Waals surface area contributed by atoms with E-state index in [9.17, 15) is 4.79 Å². The minimum atomic E-state index is 0.0570. The third kappa shape index (κ3) is 3.33. The molecule has 0 spiro atoms. The van der Waals surface area contributed by atoms with Gasteiger partial charge in [-0.15, -0.1) is 0 Å². The number of carbonyl (C=O) groups excluding carboxylic acids is 1. The van der Waals surface area contributed by atoms with E-state index in [4.69, 9.17) is 5.73 Å². The molecular formula is C15H24N2O. The zero-order chi connectivity index (χ0) is 13.7. The van der Waals surface area contributed by atoms with Crippen molar-refractivity contribution in [3.05, 3.63) is 29.8 Å². The van der Waals surface area contributed by atoms with Crippen LogP contribution in [0.3, 0.4) is 0 Å². The molecule has 1 aromatic rings. The first-order valence-electron chi connectivity index (χ1n) is 6.63. The van der Waals surface area contributed by atoms with Crippen molar-refractivity contribution in [3.63, 3.8) is 0 Å². The molecule has 0 saturated heterocycles. The van der Waals surface area contributed by atoms with Crippen LogP contribution in [0.4, 0.5) is 5.69 Å². The van der Waals surface area contributed by atoms with Gasteiger partial charge in [0.15, 0.2) is 0 Å². The largest absolute Gasteiger partial charge is 0.326 e. The van der Waals surface area contributed by atoms with Crippen molar-refractivity contribution in [2.75, 3.05) is 4.90 Å². The molecule has 0 aliphatic heterocycles. The van der Waals surface area contributed by atoms with Crippen LogP contribution in [0.2, 0.25) is 0 Å². The Kier molecular flexibility index (Phi) is 5.35. The molecular weight excluding hydrogens is 224 g/mol. The molecule has 100 valence electrons. The van der Waals surface area contributed by atoms with Gasteiger partial charge in [0.05, 0.1) is 0 Å². The average Bonchev–Trinajstić information content (AvgIpc) is 2.38. The molecule has 1 aromatic carbocycles. The lowest BCUT2D eigenvalue weighted by molar-refractivity contribution is -0.122. The van der Waals surface area contributed by atoms with E-state index in [2.05, 4.69) is 0 Å². The molecule has 0 fully saturated rings. The van der Waals surface area contributed by atoms with Gasteiger partial charge in [-0.2, -0.15) is 0 Å². The summed E-state index contributed by atoms with van der Waals surface area (Å²) in [7, 11) is 0. The Labute approximate surface area is 110 Å². The van der Waals surface area contributed by atoms with Gasteiger partial charge < -0.3 is 10.6 Å². The predicted molar refractivity (Wildman–Crippen MR) is 76.4 cm³/mol. The normalized spacial score (nSPS) is 12.6. The molecule has 1 amide bonds. The van der Waals surface area contributed by atoms with Crippen LogP contribution in [0.15, 0.2) is 24.3 Å². The number of hydrogen-bond acceptors (Lipinski definition) is 2. The first-order chi connectivity index (χ1) is 8.51. The Morgan fingerprint density at radius 3 is 2.17 bits per heavy atom. The van der Waals surface area contributed by atoms with Crippen molar-refractivity contribution in [1.29, 1.82) is 0 Å². The van der Waals surface area contributed by atoms with E-state index in [1.165, 1.54) is 0 Å². The van der Waals surface area contributed by atoms with Crippen molar-refractivity contribution in [3.8, 4) is 0 Å². The molecule has 1 atom stereocenters. The highest BCUT2D eigenvalue weighted by atomic mass is 16.2. The summed E-state index contributed by atoms with van der Waals surface area (Å²) in [5, 5.41) is 0. The minimum Gasteiger partial charge on any atom is -0.326 e. The molecule has 0 aliphatic rings. The first kappa shape index (κ1) is 14.7. The van der Waals surface area contributed by atoms with Crippen molar-refractivity contribution in [1.82, 2.24) is 0 Å². The molecule has 0 bridgehead atoms. The number of anilines is 1. The highest BCUT2D eigenvalue weighted by Crippen LogP contribution is 2.21. The minimum absolute atomic E-state index is 0.0570. The Hall–Kier alpha value is -1.35. The maximum absolute atomic E-state index is 12.4. The maximum Gasteiger partial charge on any atom is 0.230 e. The fourth-order valence-electron chi connectivity index (χ4n) is 1.88. The molecule has 3 nitrogen and oxygen atoms in total. The molecule has 0 radical (unpaired) electrons. The van der Waals surface area contributed by atoms with Gasteiger partial charge in [-0.3, -0.25) is 4.79 Å². The third-order valence-corrected chi connectivity index (χ3v) is 3.24.